The first-order valence-electron chi connectivity index (χ1n) is 8.15. The molecule has 1 aliphatic heterocycles. The van der Waals surface area contributed by atoms with Gasteiger partial charge in [0.2, 0.25) is 0 Å². The van der Waals surface area contributed by atoms with Crippen molar-refractivity contribution in [1.82, 2.24) is 9.55 Å². The van der Waals surface area contributed by atoms with E-state index in [1.165, 1.54) is 10.9 Å². The van der Waals surface area contributed by atoms with Gasteiger partial charge in [0.1, 0.15) is 29.5 Å². The number of esters is 1. The van der Waals surface area contributed by atoms with Gasteiger partial charge in [0, 0.05) is 7.05 Å². The number of hydrogen-bond donors (Lipinski definition) is 0. The Kier molecular flexibility index (Phi) is 4.53. The van der Waals surface area contributed by atoms with E-state index >= 15 is 0 Å². The van der Waals surface area contributed by atoms with Crippen molar-refractivity contribution in [2.75, 3.05) is 13.2 Å². The average molecular weight is 407 g/mol. The van der Waals surface area contributed by atoms with Crippen molar-refractivity contribution >= 4 is 39.1 Å². The first-order chi connectivity index (χ1) is 13.0. The van der Waals surface area contributed by atoms with Gasteiger partial charge in [-0.1, -0.05) is 11.6 Å². The third kappa shape index (κ3) is 3.15. The lowest BCUT2D eigenvalue weighted by atomic mass is 10.2. The van der Waals surface area contributed by atoms with Crippen molar-refractivity contribution in [3.63, 3.8) is 0 Å². The summed E-state index contributed by atoms with van der Waals surface area (Å²) in [6.07, 6.45) is 1.44. The lowest BCUT2D eigenvalue weighted by molar-refractivity contribution is 0.0477. The maximum atomic E-state index is 12.5. The van der Waals surface area contributed by atoms with Crippen molar-refractivity contribution in [2.45, 2.75) is 13.5 Å². The second kappa shape index (κ2) is 6.86. The molecule has 0 radical (unpaired) electrons. The van der Waals surface area contributed by atoms with Crippen LogP contribution in [-0.4, -0.2) is 28.7 Å². The van der Waals surface area contributed by atoms with Gasteiger partial charge in [-0.15, -0.1) is 11.3 Å². The summed E-state index contributed by atoms with van der Waals surface area (Å²) >= 11 is 7.35. The predicted octanol–water partition coefficient (Wildman–Crippen LogP) is 3.09. The fourth-order valence-corrected chi connectivity index (χ4v) is 4.19. The maximum Gasteiger partial charge on any atom is 0.349 e. The summed E-state index contributed by atoms with van der Waals surface area (Å²) in [6.45, 7) is 2.63. The number of thiophene rings is 1. The van der Waals surface area contributed by atoms with Crippen LogP contribution in [0.1, 0.15) is 20.8 Å². The number of aromatic nitrogens is 2. The number of aryl methyl sites for hydroxylation is 2. The normalized spacial score (nSPS) is 13.0. The second-order valence-electron chi connectivity index (χ2n) is 6.07. The molecule has 0 saturated heterocycles. The number of hydrogen-bond acceptors (Lipinski definition) is 7. The maximum absolute atomic E-state index is 12.5. The van der Waals surface area contributed by atoms with Crippen LogP contribution in [0.3, 0.4) is 0 Å². The monoisotopic (exact) mass is 406 g/mol. The van der Waals surface area contributed by atoms with Gasteiger partial charge in [-0.3, -0.25) is 4.79 Å². The highest BCUT2D eigenvalue weighted by atomic mass is 35.5. The van der Waals surface area contributed by atoms with Gasteiger partial charge in [0.15, 0.2) is 11.5 Å². The summed E-state index contributed by atoms with van der Waals surface area (Å²) in [7, 11) is 1.62. The fourth-order valence-electron chi connectivity index (χ4n) is 2.87. The average Bonchev–Trinajstić information content (AvgIpc) is 3.00. The Morgan fingerprint density at radius 3 is 2.96 bits per heavy atom. The van der Waals surface area contributed by atoms with Gasteiger partial charge in [-0.25, -0.2) is 9.78 Å². The van der Waals surface area contributed by atoms with Crippen molar-refractivity contribution in [3.05, 3.63) is 49.8 Å². The zero-order valence-electron chi connectivity index (χ0n) is 14.6. The summed E-state index contributed by atoms with van der Waals surface area (Å²) in [5.74, 6) is 0.523. The molecule has 1 aromatic carbocycles. The smallest absolute Gasteiger partial charge is 0.349 e. The summed E-state index contributed by atoms with van der Waals surface area (Å²) in [5, 5.41) is 0.850. The number of benzene rings is 1. The molecule has 0 aliphatic carbocycles. The quantitative estimate of drug-likeness (QED) is 0.622. The highest BCUT2D eigenvalue weighted by Crippen LogP contribution is 2.38. The Morgan fingerprint density at radius 2 is 2.15 bits per heavy atom. The summed E-state index contributed by atoms with van der Waals surface area (Å²) in [6, 6.07) is 3.42. The van der Waals surface area contributed by atoms with Crippen LogP contribution in [0.2, 0.25) is 5.02 Å². The van der Waals surface area contributed by atoms with E-state index in [9.17, 15) is 9.59 Å². The number of carbonyl (C=O) groups is 1. The zero-order valence-corrected chi connectivity index (χ0v) is 16.1. The molecule has 0 unspecified atom stereocenters. The van der Waals surface area contributed by atoms with Gasteiger partial charge >= 0.3 is 5.97 Å². The second-order valence-corrected chi connectivity index (χ2v) is 7.48. The predicted molar refractivity (Wildman–Crippen MR) is 101 cm³/mol. The number of carbonyl (C=O) groups excluding carboxylic acids is 1. The van der Waals surface area contributed by atoms with Crippen LogP contribution < -0.4 is 15.0 Å². The minimum atomic E-state index is -0.511. The van der Waals surface area contributed by atoms with Crippen LogP contribution in [0.25, 0.3) is 10.2 Å². The lowest BCUT2D eigenvalue weighted by Gasteiger charge is -2.20. The van der Waals surface area contributed by atoms with Crippen LogP contribution >= 0.6 is 22.9 Å². The molecule has 7 nitrogen and oxygen atoms in total. The van der Waals surface area contributed by atoms with Gasteiger partial charge in [-0.05, 0) is 30.2 Å². The molecule has 0 fully saturated rings. The molecule has 2 aromatic heterocycles. The molecule has 27 heavy (non-hydrogen) atoms. The first kappa shape index (κ1) is 17.8. The minimum Gasteiger partial charge on any atom is -0.486 e. The van der Waals surface area contributed by atoms with Gasteiger partial charge < -0.3 is 18.8 Å². The number of halogens is 1. The molecule has 140 valence electrons. The molecule has 3 aromatic rings. The van der Waals surface area contributed by atoms with Crippen molar-refractivity contribution in [1.29, 1.82) is 0 Å². The fraction of sp³-hybridized carbons (Fsp3) is 0.278. The molecular formula is C18H15ClN2O5S. The largest absolute Gasteiger partial charge is 0.486 e. The molecule has 9 heteroatoms. The molecular weight excluding hydrogens is 392 g/mol. The molecule has 0 bridgehead atoms. The van der Waals surface area contributed by atoms with Crippen molar-refractivity contribution < 1.29 is 19.0 Å². The summed E-state index contributed by atoms with van der Waals surface area (Å²) in [4.78, 5) is 29.9. The van der Waals surface area contributed by atoms with Gasteiger partial charge in [0.25, 0.3) is 5.56 Å². The van der Waals surface area contributed by atoms with E-state index < -0.39 is 5.97 Å². The molecule has 0 saturated carbocycles. The number of nitrogens with zero attached hydrogens (tertiary/aromatic N) is 2. The van der Waals surface area contributed by atoms with Crippen LogP contribution in [-0.2, 0) is 18.4 Å². The van der Waals surface area contributed by atoms with E-state index in [-0.39, 0.29) is 12.2 Å². The molecule has 0 amide bonds. The third-order valence-corrected chi connectivity index (χ3v) is 5.68. The molecule has 3 heterocycles. The van der Waals surface area contributed by atoms with E-state index in [0.29, 0.717) is 56.0 Å². The van der Waals surface area contributed by atoms with Crippen molar-refractivity contribution in [2.24, 2.45) is 7.05 Å². The molecule has 4 rings (SSSR count). The van der Waals surface area contributed by atoms with E-state index in [4.69, 9.17) is 25.8 Å². The van der Waals surface area contributed by atoms with E-state index in [1.807, 2.05) is 0 Å². The zero-order chi connectivity index (χ0) is 19.1. The minimum absolute atomic E-state index is 0.0221. The van der Waals surface area contributed by atoms with Crippen LogP contribution in [0.15, 0.2) is 23.3 Å². The molecule has 0 spiro atoms. The highest BCUT2D eigenvalue weighted by Gasteiger charge is 2.21. The van der Waals surface area contributed by atoms with E-state index in [1.54, 1.807) is 26.1 Å². The highest BCUT2D eigenvalue weighted by molar-refractivity contribution is 7.20. The van der Waals surface area contributed by atoms with E-state index in [0.717, 1.165) is 11.3 Å². The first-order valence-corrected chi connectivity index (χ1v) is 9.35. The standard InChI is InChI=1S/C18H15ClN2O5S/c1-9-13-16(20-8-21(2)17(13)22)27-15(9)18(23)26-7-10-5-11(19)14-12(6-10)24-3-4-25-14/h5-6,8H,3-4,7H2,1-2H3. The van der Waals surface area contributed by atoms with Crippen molar-refractivity contribution in [3.8, 4) is 11.5 Å². The third-order valence-electron chi connectivity index (χ3n) is 4.22. The van der Waals surface area contributed by atoms with Gasteiger partial charge in [-0.2, -0.15) is 0 Å². The summed E-state index contributed by atoms with van der Waals surface area (Å²) in [5.41, 5.74) is 1.07. The number of fused-ring (bicyclic) bond motifs is 2. The Labute approximate surface area is 163 Å². The van der Waals surface area contributed by atoms with Crippen LogP contribution in [0.4, 0.5) is 0 Å². The van der Waals surface area contributed by atoms with Crippen LogP contribution in [0.5, 0.6) is 11.5 Å². The molecule has 1 aliphatic rings. The topological polar surface area (TPSA) is 79.7 Å². The van der Waals surface area contributed by atoms with Gasteiger partial charge in [0.05, 0.1) is 16.7 Å². The Bertz CT molecular complexity index is 1120. The lowest BCUT2D eigenvalue weighted by Crippen LogP contribution is -2.17. The Morgan fingerprint density at radius 1 is 1.37 bits per heavy atom. The molecule has 0 atom stereocenters. The Balaban J connectivity index is 1.58. The van der Waals surface area contributed by atoms with E-state index in [2.05, 4.69) is 4.98 Å². The summed E-state index contributed by atoms with van der Waals surface area (Å²) < 4.78 is 17.8. The SMILES string of the molecule is Cc1c(C(=O)OCc2cc(Cl)c3c(c2)OCCO3)sc2ncn(C)c(=O)c12. The Hall–Kier alpha value is -2.58. The van der Waals surface area contributed by atoms with Crippen LogP contribution in [0, 0.1) is 6.92 Å². The molecule has 0 N–H and O–H groups in total. The number of ether oxygens (including phenoxy) is 3. The number of rotatable bonds is 3.